The van der Waals surface area contributed by atoms with Crippen LogP contribution in [0.5, 0.6) is 23.0 Å². The topological polar surface area (TPSA) is 121 Å². The zero-order valence-electron chi connectivity index (χ0n) is 28.6. The molecule has 2 fully saturated rings. The molecule has 294 valence electrons. The minimum absolute atomic E-state index is 0.0362. The summed E-state index contributed by atoms with van der Waals surface area (Å²) in [7, 11) is 0. The highest BCUT2D eigenvalue weighted by Crippen LogP contribution is 2.38. The van der Waals surface area contributed by atoms with Gasteiger partial charge in [-0.15, -0.1) is 0 Å². The van der Waals surface area contributed by atoms with Crippen molar-refractivity contribution in [3.05, 3.63) is 90.9 Å². The number of nitrogens with one attached hydrogen (secondary N) is 2. The fourth-order valence-corrected chi connectivity index (χ4v) is 5.84. The highest BCUT2D eigenvalue weighted by atomic mass is 35.5. The minimum atomic E-state index is -3.06. The van der Waals surface area contributed by atoms with Crippen LogP contribution in [0.2, 0.25) is 25.2 Å². The molecule has 4 aromatic rings. The third kappa shape index (κ3) is 12.0. The van der Waals surface area contributed by atoms with Gasteiger partial charge in [-0.25, -0.2) is 4.98 Å². The molecule has 2 aromatic carbocycles. The van der Waals surface area contributed by atoms with Crippen molar-refractivity contribution in [1.82, 2.24) is 9.97 Å². The molecule has 0 spiro atoms. The number of aryl methyl sites for hydroxylation is 1. The monoisotopic (exact) mass is 866 g/mol. The van der Waals surface area contributed by atoms with E-state index in [1.165, 1.54) is 42.7 Å². The van der Waals surface area contributed by atoms with Crippen LogP contribution in [-0.2, 0) is 6.42 Å². The molecule has 0 saturated heterocycles. The predicted molar refractivity (Wildman–Crippen MR) is 201 cm³/mol. The maximum atomic E-state index is 12.8. The zero-order chi connectivity index (χ0) is 39.8. The van der Waals surface area contributed by atoms with Crippen molar-refractivity contribution in [2.45, 2.75) is 52.3 Å². The lowest BCUT2D eigenvalue weighted by atomic mass is 10.1. The minimum Gasteiger partial charge on any atom is -0.489 e. The summed E-state index contributed by atoms with van der Waals surface area (Å²) < 4.78 is 71.0. The van der Waals surface area contributed by atoms with E-state index in [4.69, 9.17) is 67.5 Å². The van der Waals surface area contributed by atoms with Crippen molar-refractivity contribution in [3.63, 3.8) is 0 Å². The molecule has 0 atom stereocenters. The summed E-state index contributed by atoms with van der Waals surface area (Å²) in [5.74, 6) is -0.496. The smallest absolute Gasteiger partial charge is 0.387 e. The number of halogens is 9. The van der Waals surface area contributed by atoms with Crippen molar-refractivity contribution in [1.29, 1.82) is 0 Å². The zero-order valence-corrected chi connectivity index (χ0v) is 32.4. The molecule has 19 heteroatoms. The standard InChI is InChI=1S/C19H18Cl2F2N2O3.C17H13Cl3F2N2O3/c1-2-13-16(21)17(12(20)8-24-13)25-18(26)11-5-6-14(27-9-10-3-4-10)15(7-11)28-19(22)23;18-10-6-23-15(20)13(19)14(10)24-16(25)9-3-4-11(26-7-8-1-2-8)12(5-9)27-17(21)22/h5-8,10,19H,2-4,9H2,1H3,(H,24,25,26);3-6,8,17H,1-2,7H2,(H,23,24,25). The highest BCUT2D eigenvalue weighted by molar-refractivity contribution is 6.46. The number of pyridine rings is 2. The van der Waals surface area contributed by atoms with Gasteiger partial charge in [-0.3, -0.25) is 14.6 Å². The van der Waals surface area contributed by atoms with Crippen molar-refractivity contribution in [2.75, 3.05) is 23.8 Å². The first kappa shape index (κ1) is 42.2. The molecule has 0 radical (unpaired) electrons. The summed E-state index contributed by atoms with van der Waals surface area (Å²) in [6.45, 7) is -3.41. The Bertz CT molecular complexity index is 2020. The van der Waals surface area contributed by atoms with Crippen LogP contribution in [0, 0.1) is 11.8 Å². The molecule has 2 saturated carbocycles. The van der Waals surface area contributed by atoms with E-state index in [0.717, 1.165) is 31.7 Å². The molecule has 0 bridgehead atoms. The summed E-state index contributed by atoms with van der Waals surface area (Å²) in [4.78, 5) is 32.9. The van der Waals surface area contributed by atoms with Crippen LogP contribution in [0.3, 0.4) is 0 Å². The second-order valence-corrected chi connectivity index (χ2v) is 14.1. The molecule has 2 N–H and O–H groups in total. The van der Waals surface area contributed by atoms with E-state index in [9.17, 15) is 27.2 Å². The quantitative estimate of drug-likeness (QED) is 0.0895. The molecule has 2 aromatic heterocycles. The van der Waals surface area contributed by atoms with Crippen LogP contribution in [0.4, 0.5) is 28.9 Å². The number of alkyl halides is 4. The molecule has 6 rings (SSSR count). The maximum absolute atomic E-state index is 12.8. The number of ether oxygens (including phenoxy) is 4. The first-order chi connectivity index (χ1) is 26.2. The Labute approximate surface area is 337 Å². The number of amides is 2. The van der Waals surface area contributed by atoms with Gasteiger partial charge >= 0.3 is 13.2 Å². The predicted octanol–water partition coefficient (Wildman–Crippen LogP) is 11.3. The molecule has 10 nitrogen and oxygen atoms in total. The molecule has 55 heavy (non-hydrogen) atoms. The van der Waals surface area contributed by atoms with Crippen molar-refractivity contribution in [2.24, 2.45) is 11.8 Å². The molecule has 2 heterocycles. The number of hydrogen-bond acceptors (Lipinski definition) is 8. The van der Waals surface area contributed by atoms with E-state index < -0.39 is 25.0 Å². The van der Waals surface area contributed by atoms with E-state index in [1.54, 1.807) is 0 Å². The molecular formula is C36H31Cl5F4N4O6. The van der Waals surface area contributed by atoms with E-state index in [-0.39, 0.29) is 70.7 Å². The van der Waals surface area contributed by atoms with Gasteiger partial charge < -0.3 is 29.6 Å². The van der Waals surface area contributed by atoms with Crippen molar-refractivity contribution in [3.8, 4) is 23.0 Å². The van der Waals surface area contributed by atoms with Crippen LogP contribution in [0.15, 0.2) is 48.8 Å². The van der Waals surface area contributed by atoms with E-state index >= 15 is 0 Å². The average molecular weight is 869 g/mol. The Morgan fingerprint density at radius 3 is 1.55 bits per heavy atom. The van der Waals surface area contributed by atoms with Gasteiger partial charge in [0.1, 0.15) is 10.2 Å². The summed E-state index contributed by atoms with van der Waals surface area (Å²) in [6, 6.07) is 8.07. The van der Waals surface area contributed by atoms with E-state index in [2.05, 4.69) is 30.1 Å². The van der Waals surface area contributed by atoms with Crippen LogP contribution >= 0.6 is 58.0 Å². The third-order valence-corrected chi connectivity index (χ3v) is 9.71. The second-order valence-electron chi connectivity index (χ2n) is 12.2. The number of carbonyl (C=O) groups excluding carboxylic acids is 2. The second kappa shape index (κ2) is 19.3. The molecule has 0 aliphatic heterocycles. The lowest BCUT2D eigenvalue weighted by molar-refractivity contribution is -0.0521. The number of hydrogen-bond donors (Lipinski definition) is 2. The van der Waals surface area contributed by atoms with Gasteiger partial charge in [-0.2, -0.15) is 17.6 Å². The number of carbonyl (C=O) groups is 2. The van der Waals surface area contributed by atoms with Gasteiger partial charge in [0.25, 0.3) is 11.8 Å². The lowest BCUT2D eigenvalue weighted by Crippen LogP contribution is -2.14. The van der Waals surface area contributed by atoms with Gasteiger partial charge in [-0.05, 0) is 80.3 Å². The van der Waals surface area contributed by atoms with Crippen LogP contribution in [-0.4, -0.2) is 48.2 Å². The Morgan fingerprint density at radius 2 is 1.13 bits per heavy atom. The lowest BCUT2D eigenvalue weighted by Gasteiger charge is -2.15. The molecule has 2 aliphatic rings. The number of aromatic nitrogens is 2. The summed E-state index contributed by atoms with van der Waals surface area (Å²) >= 11 is 30.1. The average Bonchev–Trinajstić information content (AvgIpc) is 4.09. The fraction of sp³-hybridized carbons (Fsp3) is 0.333. The first-order valence-electron chi connectivity index (χ1n) is 16.6. The number of nitrogens with zero attached hydrogens (tertiary/aromatic N) is 2. The van der Waals surface area contributed by atoms with Crippen molar-refractivity contribution >= 4 is 81.2 Å². The molecule has 2 aliphatic carbocycles. The fourth-order valence-electron chi connectivity index (χ4n) is 4.69. The van der Waals surface area contributed by atoms with Crippen LogP contribution in [0.1, 0.15) is 59.0 Å². The Kier molecular flexibility index (Phi) is 14.8. The third-order valence-electron chi connectivity index (χ3n) is 7.97. The van der Waals surface area contributed by atoms with Gasteiger partial charge in [0, 0.05) is 23.5 Å². The van der Waals surface area contributed by atoms with Crippen molar-refractivity contribution < 1.29 is 46.1 Å². The number of rotatable bonds is 15. The highest BCUT2D eigenvalue weighted by Gasteiger charge is 2.25. The first-order valence-corrected chi connectivity index (χ1v) is 18.5. The SMILES string of the molecule is CCc1ncc(Cl)c(NC(=O)c2ccc(OCC3CC3)c(OC(F)F)c2)c1Cl.O=C(Nc1c(Cl)cnc(Cl)c1Cl)c1ccc(OCC2CC2)c(OC(F)F)c1. The molecule has 0 unspecified atom stereocenters. The van der Waals surface area contributed by atoms with E-state index in [0.29, 0.717) is 37.2 Å². The van der Waals surface area contributed by atoms with E-state index in [1.807, 2.05) is 6.92 Å². The van der Waals surface area contributed by atoms with Gasteiger partial charge in [0.05, 0.1) is 45.4 Å². The number of benzene rings is 2. The summed E-state index contributed by atoms with van der Waals surface area (Å²) in [5, 5.41) is 5.49. The Balaban J connectivity index is 0.000000211. The maximum Gasteiger partial charge on any atom is 0.387 e. The molecular weight excluding hydrogens is 838 g/mol. The normalized spacial score (nSPS) is 13.5. The Morgan fingerprint density at radius 1 is 0.691 bits per heavy atom. The van der Waals surface area contributed by atoms with Gasteiger partial charge in [-0.1, -0.05) is 64.9 Å². The van der Waals surface area contributed by atoms with Crippen LogP contribution < -0.4 is 29.6 Å². The Hall–Kier alpha value is -3.95. The van der Waals surface area contributed by atoms with Crippen LogP contribution in [0.25, 0.3) is 0 Å². The van der Waals surface area contributed by atoms with Gasteiger partial charge in [0.15, 0.2) is 23.0 Å². The largest absolute Gasteiger partial charge is 0.489 e. The summed E-state index contributed by atoms with van der Waals surface area (Å²) in [6.07, 6.45) is 7.37. The molecule has 2 amide bonds. The van der Waals surface area contributed by atoms with Gasteiger partial charge in [0.2, 0.25) is 0 Å². The summed E-state index contributed by atoms with van der Waals surface area (Å²) in [5.41, 5.74) is 0.993. The number of anilines is 2.